The first-order valence-corrected chi connectivity index (χ1v) is 22.0. The molecular weight excluding hydrogens is 759 g/mol. The molecule has 0 bridgehead atoms. The van der Waals surface area contributed by atoms with Gasteiger partial charge in [0.1, 0.15) is 0 Å². The largest absolute Gasteiger partial charge is 0.310 e. The van der Waals surface area contributed by atoms with Crippen molar-refractivity contribution in [2.45, 2.75) is 25.2 Å². The van der Waals surface area contributed by atoms with Crippen molar-refractivity contribution in [3.63, 3.8) is 0 Å². The first kappa shape index (κ1) is 38.2. The van der Waals surface area contributed by atoms with Gasteiger partial charge in [0.15, 0.2) is 0 Å². The fourth-order valence-electron chi connectivity index (χ4n) is 9.97. The maximum atomic E-state index is 2.50. The van der Waals surface area contributed by atoms with Crippen LogP contribution >= 0.6 is 0 Å². The van der Waals surface area contributed by atoms with E-state index in [4.69, 9.17) is 0 Å². The Kier molecular flexibility index (Phi) is 9.67. The van der Waals surface area contributed by atoms with Crippen molar-refractivity contribution in [3.8, 4) is 44.5 Å². The molecule has 1 aliphatic rings. The maximum Gasteiger partial charge on any atom is 0.0509 e. The normalized spacial score (nSPS) is 13.0. The topological polar surface area (TPSA) is 3.24 Å². The number of anilines is 3. The van der Waals surface area contributed by atoms with Crippen LogP contribution in [0.15, 0.2) is 243 Å². The smallest absolute Gasteiger partial charge is 0.0509 e. The number of hydrogen-bond donors (Lipinski definition) is 0. The molecule has 0 saturated carbocycles. The summed E-state index contributed by atoms with van der Waals surface area (Å²) in [7, 11) is 0. The Morgan fingerprint density at radius 2 is 0.794 bits per heavy atom. The highest BCUT2D eigenvalue weighted by atomic mass is 15.1. The lowest BCUT2D eigenvalue weighted by molar-refractivity contribution is 0.661. The van der Waals surface area contributed by atoms with Crippen molar-refractivity contribution in [2.75, 3.05) is 4.90 Å². The summed E-state index contributed by atoms with van der Waals surface area (Å²) in [5, 5.41) is 2.46. The second kappa shape index (κ2) is 15.9. The molecule has 1 unspecified atom stereocenters. The third-order valence-electron chi connectivity index (χ3n) is 13.1. The molecule has 0 aromatic heterocycles. The van der Waals surface area contributed by atoms with Gasteiger partial charge in [-0.3, -0.25) is 0 Å². The summed E-state index contributed by atoms with van der Waals surface area (Å²) >= 11 is 0. The molecule has 10 aromatic rings. The van der Waals surface area contributed by atoms with Crippen LogP contribution in [-0.2, 0) is 5.41 Å². The summed E-state index contributed by atoms with van der Waals surface area (Å²) in [5.41, 5.74) is 19.5. The zero-order valence-electron chi connectivity index (χ0n) is 35.6. The van der Waals surface area contributed by atoms with E-state index in [1.54, 1.807) is 0 Å². The summed E-state index contributed by atoms with van der Waals surface area (Å²) in [6.45, 7) is 4.75. The zero-order chi connectivity index (χ0) is 42.3. The van der Waals surface area contributed by atoms with Gasteiger partial charge in [-0.05, 0) is 138 Å². The fourth-order valence-corrected chi connectivity index (χ4v) is 9.97. The molecule has 11 rings (SSSR count). The molecule has 1 atom stereocenters. The van der Waals surface area contributed by atoms with Crippen molar-refractivity contribution in [2.24, 2.45) is 0 Å². The Bertz CT molecular complexity index is 3110. The Hall–Kier alpha value is -7.74. The van der Waals surface area contributed by atoms with Crippen LogP contribution in [0.25, 0.3) is 55.3 Å². The van der Waals surface area contributed by atoms with E-state index in [-0.39, 0.29) is 11.3 Å². The molecule has 0 fully saturated rings. The molecular formula is C62H47N. The van der Waals surface area contributed by atoms with E-state index >= 15 is 0 Å². The summed E-state index contributed by atoms with van der Waals surface area (Å²) in [6.07, 6.45) is 0. The van der Waals surface area contributed by atoms with Crippen molar-refractivity contribution >= 4 is 27.8 Å². The molecule has 10 aromatic carbocycles. The van der Waals surface area contributed by atoms with Crippen LogP contribution in [-0.4, -0.2) is 0 Å². The number of nitrogens with zero attached hydrogens (tertiary/aromatic N) is 1. The number of benzene rings is 10. The van der Waals surface area contributed by atoms with Gasteiger partial charge in [0, 0.05) is 22.7 Å². The molecule has 63 heavy (non-hydrogen) atoms. The molecule has 0 saturated heterocycles. The lowest BCUT2D eigenvalue weighted by Gasteiger charge is -2.32. The lowest BCUT2D eigenvalue weighted by Crippen LogP contribution is -2.16. The Labute approximate surface area is 371 Å². The number of hydrogen-bond acceptors (Lipinski definition) is 1. The summed E-state index contributed by atoms with van der Waals surface area (Å²) in [5.74, 6) is -0.146. The highest BCUT2D eigenvalue weighted by Crippen LogP contribution is 2.52. The molecule has 0 spiro atoms. The van der Waals surface area contributed by atoms with E-state index in [9.17, 15) is 0 Å². The Morgan fingerprint density at radius 1 is 0.333 bits per heavy atom. The van der Waals surface area contributed by atoms with Crippen molar-refractivity contribution in [1.82, 2.24) is 0 Å². The van der Waals surface area contributed by atoms with Gasteiger partial charge < -0.3 is 4.90 Å². The molecule has 0 aliphatic heterocycles. The molecule has 1 nitrogen and oxygen atoms in total. The molecule has 1 aliphatic carbocycles. The van der Waals surface area contributed by atoms with Gasteiger partial charge >= 0.3 is 0 Å². The predicted octanol–water partition coefficient (Wildman–Crippen LogP) is 16.8. The van der Waals surface area contributed by atoms with Crippen LogP contribution in [0, 0.1) is 0 Å². The van der Waals surface area contributed by atoms with E-state index in [1.165, 1.54) is 83.1 Å². The van der Waals surface area contributed by atoms with E-state index in [2.05, 4.69) is 261 Å². The molecule has 0 amide bonds. The first-order valence-electron chi connectivity index (χ1n) is 22.0. The highest BCUT2D eigenvalue weighted by Gasteiger charge is 2.36. The monoisotopic (exact) mass is 805 g/mol. The Balaban J connectivity index is 1.24. The standard InChI is InChI=1S/C62H47N/c1-62(2)58-31-19-18-30-55(58)56-39-50-40-57(60(42-51(50)41-59(56)62)63(53-26-14-6-15-27-53)54-28-16-7-17-29-54)61(47-34-32-46(33-35-47)43-20-8-3-9-21-43)52-37-48(44-22-10-4-11-23-44)36-49(38-52)45-24-12-5-13-25-45/h3-42,61H,1-2H3. The summed E-state index contributed by atoms with van der Waals surface area (Å²) in [6, 6.07) is 89.5. The molecule has 0 N–H and O–H groups in total. The van der Waals surface area contributed by atoms with Gasteiger partial charge in [-0.1, -0.05) is 202 Å². The van der Waals surface area contributed by atoms with Crippen molar-refractivity contribution in [3.05, 3.63) is 270 Å². The first-order chi connectivity index (χ1) is 31.0. The minimum atomic E-state index is -0.146. The van der Waals surface area contributed by atoms with E-state index in [0.29, 0.717) is 0 Å². The van der Waals surface area contributed by atoms with Crippen LogP contribution in [0.2, 0.25) is 0 Å². The zero-order valence-corrected chi connectivity index (χ0v) is 35.6. The van der Waals surface area contributed by atoms with E-state index in [1.807, 2.05) is 0 Å². The maximum absolute atomic E-state index is 2.50. The molecule has 1 heteroatoms. The average Bonchev–Trinajstić information content (AvgIpc) is 3.57. The Morgan fingerprint density at radius 3 is 1.35 bits per heavy atom. The molecule has 300 valence electrons. The minimum Gasteiger partial charge on any atom is -0.310 e. The fraction of sp³-hybridized carbons (Fsp3) is 0.0645. The average molecular weight is 806 g/mol. The van der Waals surface area contributed by atoms with E-state index < -0.39 is 0 Å². The number of para-hydroxylation sites is 2. The number of fused-ring (bicyclic) bond motifs is 4. The molecule has 0 radical (unpaired) electrons. The SMILES string of the molecule is CC1(C)c2ccccc2-c2cc3cc(C(c4ccc(-c5ccccc5)cc4)c4cc(-c5ccccc5)cc(-c5ccccc5)c4)c(N(c4ccccc4)c4ccccc4)cc3cc21. The van der Waals surface area contributed by atoms with Crippen molar-refractivity contribution < 1.29 is 0 Å². The lowest BCUT2D eigenvalue weighted by atomic mass is 9.79. The summed E-state index contributed by atoms with van der Waals surface area (Å²) in [4.78, 5) is 2.46. The van der Waals surface area contributed by atoms with Gasteiger partial charge in [0.2, 0.25) is 0 Å². The van der Waals surface area contributed by atoms with Crippen LogP contribution < -0.4 is 4.90 Å². The van der Waals surface area contributed by atoms with Gasteiger partial charge in [-0.2, -0.15) is 0 Å². The highest BCUT2D eigenvalue weighted by molar-refractivity contribution is 5.98. The van der Waals surface area contributed by atoms with Crippen LogP contribution in [0.4, 0.5) is 17.1 Å². The van der Waals surface area contributed by atoms with Crippen LogP contribution in [0.3, 0.4) is 0 Å². The second-order valence-corrected chi connectivity index (χ2v) is 17.3. The molecule has 0 heterocycles. The summed E-state index contributed by atoms with van der Waals surface area (Å²) < 4.78 is 0. The quantitative estimate of drug-likeness (QED) is 0.131. The van der Waals surface area contributed by atoms with Crippen LogP contribution in [0.5, 0.6) is 0 Å². The second-order valence-electron chi connectivity index (χ2n) is 17.3. The van der Waals surface area contributed by atoms with Gasteiger partial charge in [-0.25, -0.2) is 0 Å². The third kappa shape index (κ3) is 7.02. The van der Waals surface area contributed by atoms with Crippen LogP contribution in [0.1, 0.15) is 47.6 Å². The number of rotatable bonds is 9. The van der Waals surface area contributed by atoms with Crippen molar-refractivity contribution in [1.29, 1.82) is 0 Å². The van der Waals surface area contributed by atoms with Gasteiger partial charge in [0.05, 0.1) is 5.69 Å². The van der Waals surface area contributed by atoms with E-state index in [0.717, 1.165) is 17.1 Å². The predicted molar refractivity (Wildman–Crippen MR) is 266 cm³/mol. The third-order valence-corrected chi connectivity index (χ3v) is 13.1. The van der Waals surface area contributed by atoms with Gasteiger partial charge in [0.25, 0.3) is 0 Å². The minimum absolute atomic E-state index is 0.119. The van der Waals surface area contributed by atoms with Gasteiger partial charge in [-0.15, -0.1) is 0 Å².